The van der Waals surface area contributed by atoms with Crippen LogP contribution < -0.4 is 14.2 Å². The number of ether oxygens (including phenoxy) is 2. The van der Waals surface area contributed by atoms with E-state index in [4.69, 9.17) is 21.1 Å². The van der Waals surface area contributed by atoms with Crippen LogP contribution in [0.25, 0.3) is 0 Å². The van der Waals surface area contributed by atoms with E-state index in [-0.39, 0.29) is 5.75 Å². The van der Waals surface area contributed by atoms with E-state index in [0.717, 1.165) is 26.1 Å². The number of nitrogens with zero attached hydrogens (tertiary/aromatic N) is 1. The maximum atomic E-state index is 14.2. The molecule has 1 heterocycles. The second-order valence-corrected chi connectivity index (χ2v) is 8.79. The first kappa shape index (κ1) is 24.6. The Balaban J connectivity index is 2.26. The fraction of sp³-hybridized carbons (Fsp3) is 0.294. The number of halogens is 6. The number of carbonyl (C=O) groups is 1. The van der Waals surface area contributed by atoms with Gasteiger partial charge in [-0.05, 0) is 19.9 Å². The van der Waals surface area contributed by atoms with Crippen molar-refractivity contribution in [3.8, 4) is 17.4 Å². The Morgan fingerprint density at radius 2 is 1.74 bits per heavy atom. The molecule has 0 unspecified atom stereocenters. The van der Waals surface area contributed by atoms with E-state index < -0.39 is 61.6 Å². The molecule has 0 radical (unpaired) electrons. The van der Waals surface area contributed by atoms with Crippen LogP contribution in [-0.2, 0) is 10.0 Å². The molecule has 1 aromatic heterocycles. The Bertz CT molecular complexity index is 1120. The summed E-state index contributed by atoms with van der Waals surface area (Å²) in [6, 6.07) is 1.83. The van der Waals surface area contributed by atoms with Crippen molar-refractivity contribution >= 4 is 27.5 Å². The van der Waals surface area contributed by atoms with Gasteiger partial charge in [-0.25, -0.2) is 26.9 Å². The van der Waals surface area contributed by atoms with Gasteiger partial charge in [-0.2, -0.15) is 13.2 Å². The van der Waals surface area contributed by atoms with Crippen molar-refractivity contribution in [2.75, 3.05) is 6.26 Å². The summed E-state index contributed by atoms with van der Waals surface area (Å²) in [6.07, 6.45) is -3.22. The van der Waals surface area contributed by atoms with Crippen LogP contribution in [0.1, 0.15) is 24.2 Å². The number of aromatic nitrogens is 1. The van der Waals surface area contributed by atoms with Gasteiger partial charge in [0.2, 0.25) is 15.9 Å². The number of alkyl halides is 3. The molecular formula is C17H14ClF5N2O5S. The molecule has 0 saturated heterocycles. The molecule has 0 atom stereocenters. The van der Waals surface area contributed by atoms with E-state index >= 15 is 0 Å². The minimum atomic E-state index is -4.72. The van der Waals surface area contributed by atoms with Crippen molar-refractivity contribution in [1.82, 2.24) is 9.71 Å². The highest BCUT2D eigenvalue weighted by Gasteiger charge is 2.50. The summed E-state index contributed by atoms with van der Waals surface area (Å²) in [5.41, 5.74) is -3.51. The van der Waals surface area contributed by atoms with Crippen molar-refractivity contribution < 1.29 is 44.6 Å². The predicted octanol–water partition coefficient (Wildman–Crippen LogP) is 4.21. The summed E-state index contributed by atoms with van der Waals surface area (Å²) in [5, 5.41) is -0.403. The third-order valence-corrected chi connectivity index (χ3v) is 4.42. The SMILES string of the molecule is CC(C)(Oc1ncc(Oc2cc(F)c(C(=O)NS(C)(=O)=O)cc2F)cc1Cl)C(F)(F)F. The van der Waals surface area contributed by atoms with Gasteiger partial charge >= 0.3 is 6.18 Å². The number of pyridine rings is 1. The summed E-state index contributed by atoms with van der Waals surface area (Å²) in [6.45, 7) is 1.52. The molecule has 0 spiro atoms. The number of carbonyl (C=O) groups excluding carboxylic acids is 1. The van der Waals surface area contributed by atoms with Gasteiger partial charge < -0.3 is 9.47 Å². The first-order chi connectivity index (χ1) is 14.0. The largest absolute Gasteiger partial charge is 0.461 e. The quantitative estimate of drug-likeness (QED) is 0.612. The number of hydrogen-bond donors (Lipinski definition) is 1. The molecule has 0 aliphatic carbocycles. The smallest absolute Gasteiger partial charge is 0.427 e. The van der Waals surface area contributed by atoms with E-state index in [1.807, 2.05) is 0 Å². The Morgan fingerprint density at radius 3 is 2.26 bits per heavy atom. The van der Waals surface area contributed by atoms with Crippen LogP contribution >= 0.6 is 11.6 Å². The molecule has 31 heavy (non-hydrogen) atoms. The van der Waals surface area contributed by atoms with Gasteiger partial charge in [0.15, 0.2) is 17.2 Å². The molecule has 0 fully saturated rings. The number of nitrogens with one attached hydrogen (secondary N) is 1. The summed E-state index contributed by atoms with van der Waals surface area (Å²) < 4.78 is 101. The first-order valence-electron chi connectivity index (χ1n) is 8.10. The molecule has 1 amide bonds. The highest BCUT2D eigenvalue weighted by atomic mass is 35.5. The second-order valence-electron chi connectivity index (χ2n) is 6.64. The monoisotopic (exact) mass is 488 g/mol. The van der Waals surface area contributed by atoms with Gasteiger partial charge in [0.25, 0.3) is 5.91 Å². The number of sulfonamides is 1. The van der Waals surface area contributed by atoms with Crippen LogP contribution in [0.15, 0.2) is 24.4 Å². The van der Waals surface area contributed by atoms with E-state index in [0.29, 0.717) is 18.4 Å². The summed E-state index contributed by atoms with van der Waals surface area (Å²) in [5.74, 6) is -5.53. The van der Waals surface area contributed by atoms with Crippen LogP contribution in [0, 0.1) is 11.6 Å². The number of rotatable bonds is 6. The second kappa shape index (κ2) is 8.46. The van der Waals surface area contributed by atoms with E-state index in [9.17, 15) is 35.2 Å². The summed E-state index contributed by atoms with van der Waals surface area (Å²) >= 11 is 5.84. The van der Waals surface area contributed by atoms with Gasteiger partial charge in [0, 0.05) is 12.1 Å². The molecule has 7 nitrogen and oxygen atoms in total. The van der Waals surface area contributed by atoms with Crippen LogP contribution in [-0.4, -0.2) is 37.3 Å². The molecule has 1 N–H and O–H groups in total. The fourth-order valence-corrected chi connectivity index (χ4v) is 2.61. The molecule has 0 aliphatic heterocycles. The molecule has 2 aromatic rings. The molecule has 2 rings (SSSR count). The Kier molecular flexibility index (Phi) is 6.71. The molecule has 0 bridgehead atoms. The third kappa shape index (κ3) is 6.17. The van der Waals surface area contributed by atoms with Crippen molar-refractivity contribution in [3.05, 3.63) is 46.6 Å². The minimum absolute atomic E-state index is 0.284. The van der Waals surface area contributed by atoms with E-state index in [2.05, 4.69) is 4.98 Å². The normalized spacial score (nSPS) is 12.4. The van der Waals surface area contributed by atoms with Crippen LogP contribution in [0.2, 0.25) is 5.02 Å². The Labute approximate surface area is 178 Å². The topological polar surface area (TPSA) is 94.6 Å². The average molecular weight is 489 g/mol. The predicted molar refractivity (Wildman–Crippen MR) is 98.8 cm³/mol. The van der Waals surface area contributed by atoms with Crippen molar-refractivity contribution in [2.45, 2.75) is 25.6 Å². The molecule has 0 aliphatic rings. The van der Waals surface area contributed by atoms with Gasteiger partial charge in [-0.3, -0.25) is 4.79 Å². The Hall–Kier alpha value is -2.67. The highest BCUT2D eigenvalue weighted by Crippen LogP contribution is 2.37. The fourth-order valence-electron chi connectivity index (χ4n) is 1.97. The molecule has 1 aromatic carbocycles. The van der Waals surface area contributed by atoms with Gasteiger partial charge in [0.1, 0.15) is 16.6 Å². The number of amides is 1. The third-order valence-electron chi connectivity index (χ3n) is 3.59. The number of benzene rings is 1. The summed E-state index contributed by atoms with van der Waals surface area (Å²) in [4.78, 5) is 15.3. The summed E-state index contributed by atoms with van der Waals surface area (Å²) in [7, 11) is -4.02. The minimum Gasteiger partial charge on any atom is -0.461 e. The average Bonchev–Trinajstić information content (AvgIpc) is 2.57. The maximum absolute atomic E-state index is 14.2. The maximum Gasteiger partial charge on any atom is 0.427 e. The lowest BCUT2D eigenvalue weighted by Gasteiger charge is -2.28. The zero-order valence-electron chi connectivity index (χ0n) is 16.0. The standard InChI is InChI=1S/C17H14ClF5N2O5S/c1-16(2,17(21,22)23)30-15-10(18)4-8(7-24-15)29-13-6-11(19)9(5-12(13)20)14(26)25-31(3,27)28/h4-7H,1-3H3,(H,25,26). The van der Waals surface area contributed by atoms with E-state index in [1.54, 1.807) is 0 Å². The van der Waals surface area contributed by atoms with Crippen LogP contribution in [0.5, 0.6) is 17.4 Å². The molecular weight excluding hydrogens is 475 g/mol. The lowest BCUT2D eigenvalue weighted by molar-refractivity contribution is -0.235. The lowest BCUT2D eigenvalue weighted by Crippen LogP contribution is -2.44. The lowest BCUT2D eigenvalue weighted by atomic mass is 10.1. The first-order valence-corrected chi connectivity index (χ1v) is 10.4. The van der Waals surface area contributed by atoms with E-state index in [1.165, 1.54) is 4.72 Å². The van der Waals surface area contributed by atoms with Gasteiger partial charge in [-0.1, -0.05) is 11.6 Å². The molecule has 14 heteroatoms. The Morgan fingerprint density at radius 1 is 1.13 bits per heavy atom. The van der Waals surface area contributed by atoms with Crippen molar-refractivity contribution in [1.29, 1.82) is 0 Å². The van der Waals surface area contributed by atoms with Crippen LogP contribution in [0.4, 0.5) is 22.0 Å². The van der Waals surface area contributed by atoms with Gasteiger partial charge in [0.05, 0.1) is 18.0 Å². The number of hydrogen-bond acceptors (Lipinski definition) is 6. The zero-order chi connectivity index (χ0) is 23.8. The van der Waals surface area contributed by atoms with Gasteiger partial charge in [-0.15, -0.1) is 0 Å². The zero-order valence-corrected chi connectivity index (χ0v) is 17.5. The highest BCUT2D eigenvalue weighted by molar-refractivity contribution is 7.89. The van der Waals surface area contributed by atoms with Crippen molar-refractivity contribution in [2.24, 2.45) is 0 Å². The van der Waals surface area contributed by atoms with Crippen molar-refractivity contribution in [3.63, 3.8) is 0 Å². The molecule has 170 valence electrons. The van der Waals surface area contributed by atoms with Crippen LogP contribution in [0.3, 0.4) is 0 Å². The molecule has 0 saturated carbocycles.